The molecule has 170 valence electrons. The minimum atomic E-state index is -0.803. The number of hydrogen-bond donors (Lipinski definition) is 1. The number of ether oxygens (including phenoxy) is 1. The molecule has 1 aliphatic heterocycles. The maximum atomic E-state index is 13.6. The lowest BCUT2D eigenvalue weighted by atomic mass is 9.87. The van der Waals surface area contributed by atoms with Crippen molar-refractivity contribution in [3.05, 3.63) is 59.9 Å². The van der Waals surface area contributed by atoms with Crippen molar-refractivity contribution in [3.63, 3.8) is 0 Å². The molecule has 1 aliphatic carbocycles. The fraction of sp³-hybridized carbons (Fsp3) is 0.500. The summed E-state index contributed by atoms with van der Waals surface area (Å²) >= 11 is 0. The molecule has 0 spiro atoms. The van der Waals surface area contributed by atoms with Crippen LogP contribution >= 0.6 is 0 Å². The van der Waals surface area contributed by atoms with Gasteiger partial charge in [0.05, 0.1) is 6.61 Å². The smallest absolute Gasteiger partial charge is 0.259 e. The molecule has 0 radical (unpaired) electrons. The van der Waals surface area contributed by atoms with Gasteiger partial charge in [0, 0.05) is 29.7 Å². The van der Waals surface area contributed by atoms with Gasteiger partial charge in [-0.25, -0.2) is 0 Å². The summed E-state index contributed by atoms with van der Waals surface area (Å²) in [5, 5.41) is 3.22. The van der Waals surface area contributed by atoms with Crippen LogP contribution in [0.25, 0.3) is 0 Å². The van der Waals surface area contributed by atoms with Gasteiger partial charge in [-0.1, -0.05) is 58.2 Å². The van der Waals surface area contributed by atoms with E-state index in [0.717, 1.165) is 25.7 Å². The van der Waals surface area contributed by atoms with Crippen molar-refractivity contribution in [1.29, 1.82) is 0 Å². The molecule has 1 aromatic heterocycles. The van der Waals surface area contributed by atoms with E-state index in [1.807, 2.05) is 30.3 Å². The number of pyridine rings is 1. The van der Waals surface area contributed by atoms with Gasteiger partial charge in [0.2, 0.25) is 5.91 Å². The highest BCUT2D eigenvalue weighted by Gasteiger charge is 2.42. The minimum absolute atomic E-state index is 0.00587. The molecular formula is C26H33N3O3. The summed E-state index contributed by atoms with van der Waals surface area (Å²) in [6, 6.07) is 10.9. The number of amides is 2. The van der Waals surface area contributed by atoms with Gasteiger partial charge in [0.25, 0.3) is 5.91 Å². The maximum Gasteiger partial charge on any atom is 0.259 e. The summed E-state index contributed by atoms with van der Waals surface area (Å²) in [5.41, 5.74) is 2.54. The number of carbonyl (C=O) groups excluding carboxylic acids is 2. The highest BCUT2D eigenvalue weighted by molar-refractivity contribution is 6.04. The number of rotatable bonds is 6. The van der Waals surface area contributed by atoms with Crippen LogP contribution in [0.2, 0.25) is 0 Å². The van der Waals surface area contributed by atoms with Crippen LogP contribution < -0.4 is 10.2 Å². The molecule has 2 amide bonds. The van der Waals surface area contributed by atoms with Crippen LogP contribution in [-0.4, -0.2) is 35.6 Å². The fourth-order valence-electron chi connectivity index (χ4n) is 4.35. The van der Waals surface area contributed by atoms with E-state index in [0.29, 0.717) is 17.9 Å². The standard InChI is InChI=1S/C26H33N3O3/c1-26(2,3)19-11-13-21(14-12-19)29(25(31)22-17-32-22)23(18-8-7-15-27-16-18)24(30)28-20-9-5-4-6-10-20/h7-8,11-16,20,22-23H,4-6,9-10,17H2,1-3H3,(H,28,30). The molecular weight excluding hydrogens is 402 g/mol. The fourth-order valence-corrected chi connectivity index (χ4v) is 4.35. The Labute approximate surface area is 190 Å². The topological polar surface area (TPSA) is 74.8 Å². The van der Waals surface area contributed by atoms with Crippen LogP contribution in [-0.2, 0) is 19.7 Å². The molecule has 1 N–H and O–H groups in total. The minimum Gasteiger partial charge on any atom is -0.363 e. The maximum absolute atomic E-state index is 13.6. The Hall–Kier alpha value is -2.73. The second-order valence-electron chi connectivity index (χ2n) is 9.86. The van der Waals surface area contributed by atoms with Gasteiger partial charge in [0.1, 0.15) is 6.04 Å². The van der Waals surface area contributed by atoms with Crippen molar-refractivity contribution in [2.75, 3.05) is 11.5 Å². The van der Waals surface area contributed by atoms with E-state index in [2.05, 4.69) is 31.1 Å². The largest absolute Gasteiger partial charge is 0.363 e. The molecule has 2 fully saturated rings. The van der Waals surface area contributed by atoms with E-state index in [9.17, 15) is 9.59 Å². The Morgan fingerprint density at radius 2 is 1.78 bits per heavy atom. The molecule has 2 unspecified atom stereocenters. The summed E-state index contributed by atoms with van der Waals surface area (Å²) in [6.45, 7) is 6.84. The molecule has 0 bridgehead atoms. The van der Waals surface area contributed by atoms with E-state index < -0.39 is 12.1 Å². The van der Waals surface area contributed by atoms with Crippen molar-refractivity contribution < 1.29 is 14.3 Å². The van der Waals surface area contributed by atoms with Gasteiger partial charge in [-0.15, -0.1) is 0 Å². The van der Waals surface area contributed by atoms with Gasteiger partial charge in [-0.2, -0.15) is 0 Å². The first-order valence-corrected chi connectivity index (χ1v) is 11.6. The van der Waals surface area contributed by atoms with Gasteiger partial charge >= 0.3 is 0 Å². The van der Waals surface area contributed by atoms with Crippen molar-refractivity contribution in [3.8, 4) is 0 Å². The lowest BCUT2D eigenvalue weighted by Gasteiger charge is -2.33. The number of hydrogen-bond acceptors (Lipinski definition) is 4. The summed E-state index contributed by atoms with van der Waals surface area (Å²) in [5.74, 6) is -0.361. The predicted molar refractivity (Wildman–Crippen MR) is 124 cm³/mol. The second-order valence-corrected chi connectivity index (χ2v) is 9.86. The van der Waals surface area contributed by atoms with Crippen molar-refractivity contribution in [2.24, 2.45) is 0 Å². The zero-order chi connectivity index (χ0) is 22.7. The van der Waals surface area contributed by atoms with Crippen molar-refractivity contribution in [2.45, 2.75) is 76.5 Å². The molecule has 2 aromatic rings. The Balaban J connectivity index is 1.71. The third kappa shape index (κ3) is 5.18. The third-order valence-electron chi connectivity index (χ3n) is 6.32. The van der Waals surface area contributed by atoms with Crippen LogP contribution in [0.3, 0.4) is 0 Å². The first-order valence-electron chi connectivity index (χ1n) is 11.6. The zero-order valence-electron chi connectivity index (χ0n) is 19.2. The van der Waals surface area contributed by atoms with E-state index in [1.54, 1.807) is 23.4 Å². The van der Waals surface area contributed by atoms with E-state index in [-0.39, 0.29) is 23.3 Å². The second kappa shape index (κ2) is 9.41. The quantitative estimate of drug-likeness (QED) is 0.687. The summed E-state index contributed by atoms with van der Waals surface area (Å²) < 4.78 is 5.33. The molecule has 2 atom stereocenters. The summed E-state index contributed by atoms with van der Waals surface area (Å²) in [4.78, 5) is 32.9. The lowest BCUT2D eigenvalue weighted by molar-refractivity contribution is -0.127. The van der Waals surface area contributed by atoms with Crippen LogP contribution in [0.1, 0.15) is 70.0 Å². The molecule has 1 saturated carbocycles. The number of nitrogens with zero attached hydrogens (tertiary/aromatic N) is 2. The van der Waals surface area contributed by atoms with Crippen LogP contribution in [0.4, 0.5) is 5.69 Å². The summed E-state index contributed by atoms with van der Waals surface area (Å²) in [6.07, 6.45) is 8.25. The monoisotopic (exact) mass is 435 g/mol. The molecule has 32 heavy (non-hydrogen) atoms. The molecule has 6 nitrogen and oxygen atoms in total. The number of aromatic nitrogens is 1. The van der Waals surface area contributed by atoms with E-state index in [4.69, 9.17) is 4.74 Å². The van der Waals surface area contributed by atoms with Crippen molar-refractivity contribution >= 4 is 17.5 Å². The number of benzene rings is 1. The molecule has 1 aromatic carbocycles. The highest BCUT2D eigenvalue weighted by Crippen LogP contribution is 2.33. The molecule has 2 heterocycles. The number of anilines is 1. The SMILES string of the molecule is CC(C)(C)c1ccc(N(C(=O)C2CO2)C(C(=O)NC2CCCCC2)c2cccnc2)cc1. The summed E-state index contributed by atoms with van der Waals surface area (Å²) in [7, 11) is 0. The van der Waals surface area contributed by atoms with Gasteiger partial charge in [-0.05, 0) is 42.0 Å². The van der Waals surface area contributed by atoms with Gasteiger partial charge in [-0.3, -0.25) is 19.5 Å². The predicted octanol–water partition coefficient (Wildman–Crippen LogP) is 4.30. The zero-order valence-corrected chi connectivity index (χ0v) is 19.2. The average molecular weight is 436 g/mol. The molecule has 2 aliphatic rings. The van der Waals surface area contributed by atoms with Gasteiger partial charge in [0.15, 0.2) is 6.10 Å². The Morgan fingerprint density at radius 1 is 1.09 bits per heavy atom. The van der Waals surface area contributed by atoms with Crippen LogP contribution in [0.5, 0.6) is 0 Å². The molecule has 4 rings (SSSR count). The normalized spacial score (nSPS) is 19.8. The van der Waals surface area contributed by atoms with E-state index >= 15 is 0 Å². The van der Waals surface area contributed by atoms with Crippen LogP contribution in [0.15, 0.2) is 48.8 Å². The number of epoxide rings is 1. The number of carbonyl (C=O) groups is 2. The van der Waals surface area contributed by atoms with E-state index in [1.165, 1.54) is 12.0 Å². The number of nitrogens with one attached hydrogen (secondary N) is 1. The Bertz CT molecular complexity index is 927. The van der Waals surface area contributed by atoms with Crippen LogP contribution in [0, 0.1) is 0 Å². The first kappa shape index (κ1) is 22.5. The Morgan fingerprint density at radius 3 is 2.34 bits per heavy atom. The molecule has 6 heteroatoms. The van der Waals surface area contributed by atoms with Gasteiger partial charge < -0.3 is 10.1 Å². The Kier molecular flexibility index (Phi) is 6.60. The molecule has 1 saturated heterocycles. The third-order valence-corrected chi connectivity index (χ3v) is 6.32. The first-order chi connectivity index (χ1) is 15.3. The highest BCUT2D eigenvalue weighted by atomic mass is 16.6. The van der Waals surface area contributed by atoms with Crippen molar-refractivity contribution in [1.82, 2.24) is 10.3 Å². The average Bonchev–Trinajstić information content (AvgIpc) is 3.63. The lowest BCUT2D eigenvalue weighted by Crippen LogP contribution is -2.48.